The van der Waals surface area contributed by atoms with Crippen LogP contribution in [0.25, 0.3) is 6.08 Å². The molecule has 0 aliphatic rings. The maximum absolute atomic E-state index is 12.0. The molecule has 0 unspecified atom stereocenters. The van der Waals surface area contributed by atoms with Crippen LogP contribution in [0.2, 0.25) is 5.02 Å². The summed E-state index contributed by atoms with van der Waals surface area (Å²) in [5, 5.41) is 9.85. The fourth-order valence-electron chi connectivity index (χ4n) is 2.09. The van der Waals surface area contributed by atoms with Gasteiger partial charge in [-0.15, -0.1) is 0 Å². The smallest absolute Gasteiger partial charge is 0.348 e. The second-order valence-corrected chi connectivity index (χ2v) is 5.62. The van der Waals surface area contributed by atoms with Crippen molar-refractivity contribution < 1.29 is 19.0 Å². The van der Waals surface area contributed by atoms with E-state index in [0.717, 1.165) is 5.56 Å². The maximum atomic E-state index is 12.0. The lowest BCUT2D eigenvalue weighted by atomic mass is 10.1. The van der Waals surface area contributed by atoms with Crippen molar-refractivity contribution in [3.05, 3.63) is 70.3 Å². The number of nitriles is 1. The monoisotopic (exact) mass is 371 g/mol. The van der Waals surface area contributed by atoms with Gasteiger partial charge in [-0.1, -0.05) is 48.0 Å². The molecule has 0 heterocycles. The number of ether oxygens (including phenoxy) is 3. The predicted molar refractivity (Wildman–Crippen MR) is 98.7 cm³/mol. The Hall–Kier alpha value is -2.81. The predicted octanol–water partition coefficient (Wildman–Crippen LogP) is 4.02. The van der Waals surface area contributed by atoms with Gasteiger partial charge in [-0.3, -0.25) is 0 Å². The van der Waals surface area contributed by atoms with Gasteiger partial charge in [-0.05, 0) is 18.2 Å². The van der Waals surface area contributed by atoms with Crippen LogP contribution in [-0.2, 0) is 20.9 Å². The molecule has 0 fully saturated rings. The molecule has 0 atom stereocenters. The average molecular weight is 372 g/mol. The summed E-state index contributed by atoms with van der Waals surface area (Å²) in [5.74, 6) is -0.171. The lowest BCUT2D eigenvalue weighted by Gasteiger charge is -2.10. The summed E-state index contributed by atoms with van der Waals surface area (Å²) >= 11 is 6.13. The number of carbonyl (C=O) groups excluding carboxylic acids is 1. The Kier molecular flexibility index (Phi) is 7.69. The van der Waals surface area contributed by atoms with Crippen LogP contribution in [-0.4, -0.2) is 26.3 Å². The molecule has 0 N–H and O–H groups in total. The fraction of sp³-hybridized carbons (Fsp3) is 0.200. The molecule has 0 bridgehead atoms. The topological polar surface area (TPSA) is 68.5 Å². The van der Waals surface area contributed by atoms with Crippen molar-refractivity contribution in [2.24, 2.45) is 0 Å². The average Bonchev–Trinajstić information content (AvgIpc) is 2.66. The lowest BCUT2D eigenvalue weighted by Crippen LogP contribution is -2.11. The van der Waals surface area contributed by atoms with Crippen molar-refractivity contribution in [1.29, 1.82) is 5.26 Å². The Morgan fingerprint density at radius 1 is 1.15 bits per heavy atom. The van der Waals surface area contributed by atoms with Crippen molar-refractivity contribution >= 4 is 23.6 Å². The minimum atomic E-state index is -0.703. The highest BCUT2D eigenvalue weighted by atomic mass is 35.5. The maximum Gasteiger partial charge on any atom is 0.348 e. The van der Waals surface area contributed by atoms with Gasteiger partial charge in [-0.25, -0.2) is 4.79 Å². The summed E-state index contributed by atoms with van der Waals surface area (Å²) in [6.07, 6.45) is 1.44. The van der Waals surface area contributed by atoms with Gasteiger partial charge in [0.15, 0.2) is 0 Å². The summed E-state index contributed by atoms with van der Waals surface area (Å²) < 4.78 is 15.6. The first-order valence-electron chi connectivity index (χ1n) is 7.88. The zero-order chi connectivity index (χ0) is 18.8. The van der Waals surface area contributed by atoms with Crippen LogP contribution in [0.4, 0.5) is 0 Å². The molecule has 0 saturated heterocycles. The number of carbonyl (C=O) groups is 1. The van der Waals surface area contributed by atoms with Crippen LogP contribution in [0.15, 0.2) is 54.1 Å². The van der Waals surface area contributed by atoms with Gasteiger partial charge in [0, 0.05) is 23.3 Å². The van der Waals surface area contributed by atoms with Crippen molar-refractivity contribution in [2.45, 2.75) is 6.61 Å². The van der Waals surface area contributed by atoms with Crippen LogP contribution in [0.5, 0.6) is 5.75 Å². The SMILES string of the molecule is COCCOC(=O)/C(C#N)=C/c1ccccc1OCc1ccccc1Cl. The van der Waals surface area contributed by atoms with E-state index in [1.807, 2.05) is 30.3 Å². The number of nitrogens with zero attached hydrogens (tertiary/aromatic N) is 1. The first kappa shape index (κ1) is 19.5. The summed E-state index contributed by atoms with van der Waals surface area (Å²) in [5.41, 5.74) is 1.32. The summed E-state index contributed by atoms with van der Waals surface area (Å²) in [4.78, 5) is 12.0. The standard InChI is InChI=1S/C20H18ClNO4/c1-24-10-11-25-20(23)17(13-22)12-15-6-3-5-9-19(15)26-14-16-7-2-4-8-18(16)21/h2-9,12H,10-11,14H2,1H3/b17-12+. The second-order valence-electron chi connectivity index (χ2n) is 5.22. The highest BCUT2D eigenvalue weighted by molar-refractivity contribution is 6.31. The zero-order valence-corrected chi connectivity index (χ0v) is 15.0. The Morgan fingerprint density at radius 2 is 1.88 bits per heavy atom. The minimum absolute atomic E-state index is 0.0823. The molecule has 0 spiro atoms. The lowest BCUT2D eigenvalue weighted by molar-refractivity contribution is -0.139. The van der Waals surface area contributed by atoms with Crippen LogP contribution < -0.4 is 4.74 Å². The molecular weight excluding hydrogens is 354 g/mol. The number of halogens is 1. The third-order valence-corrected chi connectivity index (χ3v) is 3.79. The number of esters is 1. The van der Waals surface area contributed by atoms with Crippen molar-refractivity contribution in [3.8, 4) is 11.8 Å². The van der Waals surface area contributed by atoms with E-state index in [4.69, 9.17) is 25.8 Å². The number of para-hydroxylation sites is 1. The normalized spacial score (nSPS) is 10.9. The highest BCUT2D eigenvalue weighted by Gasteiger charge is 2.12. The van der Waals surface area contributed by atoms with Crippen molar-refractivity contribution in [3.63, 3.8) is 0 Å². The number of hydrogen-bond donors (Lipinski definition) is 0. The Morgan fingerprint density at radius 3 is 2.62 bits per heavy atom. The Balaban J connectivity index is 2.15. The molecule has 134 valence electrons. The largest absolute Gasteiger partial charge is 0.488 e. The van der Waals surface area contributed by atoms with Crippen molar-refractivity contribution in [2.75, 3.05) is 20.3 Å². The van der Waals surface area contributed by atoms with E-state index in [1.54, 1.807) is 24.3 Å². The van der Waals surface area contributed by atoms with Crippen LogP contribution >= 0.6 is 11.6 Å². The Labute approximate surface area is 157 Å². The molecule has 0 saturated carbocycles. The number of methoxy groups -OCH3 is 1. The molecule has 26 heavy (non-hydrogen) atoms. The highest BCUT2D eigenvalue weighted by Crippen LogP contribution is 2.24. The van der Waals surface area contributed by atoms with Crippen LogP contribution in [0, 0.1) is 11.3 Å². The van der Waals surface area contributed by atoms with Crippen molar-refractivity contribution in [1.82, 2.24) is 0 Å². The van der Waals surface area contributed by atoms with Gasteiger partial charge in [0.05, 0.1) is 6.61 Å². The van der Waals surface area contributed by atoms with E-state index < -0.39 is 5.97 Å². The van der Waals surface area contributed by atoms with Gasteiger partial charge < -0.3 is 14.2 Å². The Bertz CT molecular complexity index is 827. The van der Waals surface area contributed by atoms with Gasteiger partial charge >= 0.3 is 5.97 Å². The van der Waals surface area contributed by atoms with E-state index in [1.165, 1.54) is 13.2 Å². The second kappa shape index (κ2) is 10.2. The molecule has 6 heteroatoms. The van der Waals surface area contributed by atoms with E-state index in [0.29, 0.717) is 16.3 Å². The zero-order valence-electron chi connectivity index (χ0n) is 14.3. The number of hydrogen-bond acceptors (Lipinski definition) is 5. The number of rotatable bonds is 8. The van der Waals surface area contributed by atoms with E-state index in [2.05, 4.69) is 0 Å². The first-order chi connectivity index (χ1) is 12.7. The van der Waals surface area contributed by atoms with E-state index >= 15 is 0 Å². The molecule has 5 nitrogen and oxygen atoms in total. The first-order valence-corrected chi connectivity index (χ1v) is 8.26. The van der Waals surface area contributed by atoms with Crippen LogP contribution in [0.1, 0.15) is 11.1 Å². The molecule has 2 rings (SSSR count). The molecule has 2 aromatic carbocycles. The van der Waals surface area contributed by atoms with Gasteiger partial charge in [0.25, 0.3) is 0 Å². The number of benzene rings is 2. The minimum Gasteiger partial charge on any atom is -0.488 e. The van der Waals surface area contributed by atoms with E-state index in [-0.39, 0.29) is 25.4 Å². The molecule has 0 radical (unpaired) electrons. The third kappa shape index (κ3) is 5.62. The molecule has 0 aliphatic heterocycles. The molecular formula is C20H18ClNO4. The molecule has 0 aliphatic carbocycles. The third-order valence-electron chi connectivity index (χ3n) is 3.42. The molecule has 2 aromatic rings. The fourth-order valence-corrected chi connectivity index (χ4v) is 2.28. The summed E-state index contributed by atoms with van der Waals surface area (Å²) in [6.45, 7) is 0.617. The quantitative estimate of drug-likeness (QED) is 0.303. The van der Waals surface area contributed by atoms with Gasteiger partial charge in [0.2, 0.25) is 0 Å². The molecule has 0 amide bonds. The van der Waals surface area contributed by atoms with Crippen LogP contribution in [0.3, 0.4) is 0 Å². The van der Waals surface area contributed by atoms with E-state index in [9.17, 15) is 10.1 Å². The molecule has 0 aromatic heterocycles. The summed E-state index contributed by atoms with van der Waals surface area (Å²) in [6, 6.07) is 16.3. The summed E-state index contributed by atoms with van der Waals surface area (Å²) in [7, 11) is 1.50. The van der Waals surface area contributed by atoms with Gasteiger partial charge in [-0.2, -0.15) is 5.26 Å². The van der Waals surface area contributed by atoms with Gasteiger partial charge in [0.1, 0.15) is 30.6 Å².